The van der Waals surface area contributed by atoms with E-state index < -0.39 is 0 Å². The molecule has 2 aliphatic heterocycles. The number of benzene rings is 1. The molecule has 4 rings (SSSR count). The number of piperazine rings is 1. The van der Waals surface area contributed by atoms with Crippen molar-refractivity contribution in [2.24, 2.45) is 10.8 Å². The van der Waals surface area contributed by atoms with Crippen molar-refractivity contribution in [3.05, 3.63) is 17.7 Å². The first kappa shape index (κ1) is 28.4. The van der Waals surface area contributed by atoms with Crippen LogP contribution < -0.4 is 14.5 Å². The van der Waals surface area contributed by atoms with Crippen molar-refractivity contribution in [3.63, 3.8) is 0 Å². The molecule has 0 unspecified atom stereocenters. The van der Waals surface area contributed by atoms with Crippen LogP contribution in [0.2, 0.25) is 0 Å². The Balaban J connectivity index is 0.00000342. The van der Waals surface area contributed by atoms with Crippen LogP contribution in [0, 0.1) is 10.8 Å². The molecule has 1 aliphatic carbocycles. The number of nitrogens with zero attached hydrogens (tertiary/aromatic N) is 3. The zero-order chi connectivity index (χ0) is 24.3. The molecule has 1 aromatic rings. The van der Waals surface area contributed by atoms with E-state index in [1.807, 2.05) is 0 Å². The number of morpholine rings is 1. The van der Waals surface area contributed by atoms with E-state index >= 15 is 0 Å². The number of halogens is 1. The van der Waals surface area contributed by atoms with Crippen molar-refractivity contribution >= 4 is 23.8 Å². The van der Waals surface area contributed by atoms with Crippen LogP contribution in [0.3, 0.4) is 0 Å². The lowest BCUT2D eigenvalue weighted by molar-refractivity contribution is 0.0969. The van der Waals surface area contributed by atoms with Crippen LogP contribution >= 0.6 is 12.4 Å². The highest BCUT2D eigenvalue weighted by Crippen LogP contribution is 2.54. The molecule has 3 fully saturated rings. The van der Waals surface area contributed by atoms with Gasteiger partial charge < -0.3 is 19.3 Å². The van der Waals surface area contributed by atoms with Gasteiger partial charge in [-0.3, -0.25) is 4.90 Å². The van der Waals surface area contributed by atoms with E-state index in [-0.39, 0.29) is 12.4 Å². The van der Waals surface area contributed by atoms with E-state index in [0.29, 0.717) is 23.4 Å². The minimum absolute atomic E-state index is 0. The van der Waals surface area contributed by atoms with E-state index in [0.717, 1.165) is 58.2 Å². The summed E-state index contributed by atoms with van der Waals surface area (Å²) >= 11 is 0. The second-order valence-electron chi connectivity index (χ2n) is 12.4. The van der Waals surface area contributed by atoms with Crippen LogP contribution in [0.1, 0.15) is 78.7 Å². The first-order valence-corrected chi connectivity index (χ1v) is 13.8. The van der Waals surface area contributed by atoms with Crippen molar-refractivity contribution in [2.45, 2.75) is 73.1 Å². The molecular formula is C29H50ClN3O2. The van der Waals surface area contributed by atoms with Crippen LogP contribution in [0.5, 0.6) is 5.75 Å². The maximum atomic E-state index is 6.29. The van der Waals surface area contributed by atoms with Gasteiger partial charge in [-0.2, -0.15) is 0 Å². The normalized spacial score (nSPS) is 23.1. The topological polar surface area (TPSA) is 28.2 Å². The average Bonchev–Trinajstić information content (AvgIpc) is 2.78. The molecule has 0 spiro atoms. The van der Waals surface area contributed by atoms with Gasteiger partial charge in [-0.15, -0.1) is 12.4 Å². The fourth-order valence-electron chi connectivity index (χ4n) is 7.09. The number of hydrogen-bond acceptors (Lipinski definition) is 5. The lowest BCUT2D eigenvalue weighted by Crippen LogP contribution is -2.47. The Kier molecular flexibility index (Phi) is 9.67. The summed E-state index contributed by atoms with van der Waals surface area (Å²) in [6.07, 6.45) is 5.06. The molecular weight excluding hydrogens is 458 g/mol. The average molecular weight is 508 g/mol. The van der Waals surface area contributed by atoms with Gasteiger partial charge in [0.05, 0.1) is 25.5 Å². The molecule has 2 heterocycles. The van der Waals surface area contributed by atoms with E-state index in [4.69, 9.17) is 9.47 Å². The van der Waals surface area contributed by atoms with Crippen molar-refractivity contribution in [1.82, 2.24) is 4.90 Å². The van der Waals surface area contributed by atoms with Crippen LogP contribution in [-0.2, 0) is 4.74 Å². The van der Waals surface area contributed by atoms with Gasteiger partial charge >= 0.3 is 0 Å². The molecule has 0 atom stereocenters. The van der Waals surface area contributed by atoms with Gasteiger partial charge in [0, 0.05) is 51.0 Å². The number of anilines is 2. The quantitative estimate of drug-likeness (QED) is 0.438. The van der Waals surface area contributed by atoms with Crippen LogP contribution in [0.25, 0.3) is 0 Å². The lowest BCUT2D eigenvalue weighted by Gasteiger charge is -2.47. The van der Waals surface area contributed by atoms with Crippen molar-refractivity contribution in [3.8, 4) is 5.75 Å². The van der Waals surface area contributed by atoms with Gasteiger partial charge in [-0.25, -0.2) is 0 Å². The molecule has 35 heavy (non-hydrogen) atoms. The second-order valence-corrected chi connectivity index (χ2v) is 12.4. The highest BCUT2D eigenvalue weighted by Gasteiger charge is 2.40. The number of hydrogen-bond donors (Lipinski definition) is 0. The molecule has 0 radical (unpaired) electrons. The molecule has 6 heteroatoms. The lowest BCUT2D eigenvalue weighted by atomic mass is 9.60. The largest absolute Gasteiger partial charge is 0.492 e. The molecule has 2 saturated heterocycles. The Bertz CT molecular complexity index is 798. The third-order valence-electron chi connectivity index (χ3n) is 8.01. The predicted molar refractivity (Wildman–Crippen MR) is 151 cm³/mol. The highest BCUT2D eigenvalue weighted by atomic mass is 35.5. The zero-order valence-corrected chi connectivity index (χ0v) is 24.0. The Morgan fingerprint density at radius 3 is 2.03 bits per heavy atom. The summed E-state index contributed by atoms with van der Waals surface area (Å²) in [6, 6.07) is 4.92. The molecule has 1 saturated carbocycles. The summed E-state index contributed by atoms with van der Waals surface area (Å²) in [6.45, 7) is 24.2. The molecule has 0 N–H and O–H groups in total. The number of ether oxygens (including phenoxy) is 2. The van der Waals surface area contributed by atoms with Crippen LogP contribution in [0.4, 0.5) is 11.4 Å². The van der Waals surface area contributed by atoms with Crippen LogP contribution in [-0.4, -0.2) is 70.5 Å². The van der Waals surface area contributed by atoms with E-state index in [1.54, 1.807) is 5.56 Å². The van der Waals surface area contributed by atoms with Gasteiger partial charge in [-0.05, 0) is 67.5 Å². The third kappa shape index (κ3) is 6.99. The van der Waals surface area contributed by atoms with Crippen molar-refractivity contribution in [2.75, 3.05) is 75.4 Å². The maximum absolute atomic E-state index is 6.29. The van der Waals surface area contributed by atoms with E-state index in [9.17, 15) is 0 Å². The highest BCUT2D eigenvalue weighted by molar-refractivity contribution is 5.85. The van der Waals surface area contributed by atoms with Gasteiger partial charge in [0.15, 0.2) is 0 Å². The summed E-state index contributed by atoms with van der Waals surface area (Å²) in [7, 11) is 0. The second kappa shape index (κ2) is 11.9. The SMILES string of the molecule is CCCN1CCN(c2cc(OCC)c(N3CCOCC3)cc2C2CC(C)(C)CC(C)(C)C2)CC1.Cl. The minimum Gasteiger partial charge on any atom is -0.492 e. The van der Waals surface area contributed by atoms with Crippen molar-refractivity contribution in [1.29, 1.82) is 0 Å². The zero-order valence-electron chi connectivity index (χ0n) is 23.2. The molecule has 5 nitrogen and oxygen atoms in total. The summed E-state index contributed by atoms with van der Waals surface area (Å²) in [5.41, 5.74) is 4.97. The predicted octanol–water partition coefficient (Wildman–Crippen LogP) is 6.20. The summed E-state index contributed by atoms with van der Waals surface area (Å²) in [5.74, 6) is 1.63. The first-order valence-electron chi connectivity index (χ1n) is 13.8. The fourth-order valence-corrected chi connectivity index (χ4v) is 7.09. The monoisotopic (exact) mass is 507 g/mol. The first-order chi connectivity index (χ1) is 16.2. The fraction of sp³-hybridized carbons (Fsp3) is 0.793. The van der Waals surface area contributed by atoms with Crippen LogP contribution in [0.15, 0.2) is 12.1 Å². The smallest absolute Gasteiger partial charge is 0.144 e. The molecule has 0 bridgehead atoms. The maximum Gasteiger partial charge on any atom is 0.144 e. The Morgan fingerprint density at radius 2 is 1.46 bits per heavy atom. The molecule has 0 amide bonds. The molecule has 0 aromatic heterocycles. The molecule has 3 aliphatic rings. The summed E-state index contributed by atoms with van der Waals surface area (Å²) in [4.78, 5) is 7.76. The van der Waals surface area contributed by atoms with Gasteiger partial charge in [0.25, 0.3) is 0 Å². The third-order valence-corrected chi connectivity index (χ3v) is 8.01. The minimum atomic E-state index is 0. The van der Waals surface area contributed by atoms with E-state index in [1.165, 1.54) is 43.6 Å². The van der Waals surface area contributed by atoms with Gasteiger partial charge in [-0.1, -0.05) is 34.6 Å². The van der Waals surface area contributed by atoms with Gasteiger partial charge in [0.1, 0.15) is 5.75 Å². The van der Waals surface area contributed by atoms with Gasteiger partial charge in [0.2, 0.25) is 0 Å². The standard InChI is InChI=1S/C29H49N3O2.ClH/c1-7-9-30-10-12-31(13-11-30)25-19-27(34-8-2)26(32-14-16-33-17-15-32)18-24(25)23-20-28(3,4)22-29(5,6)21-23;/h18-19,23H,7-17,20-22H2,1-6H3;1H. The Labute approximate surface area is 220 Å². The Morgan fingerprint density at radius 1 is 0.857 bits per heavy atom. The van der Waals surface area contributed by atoms with E-state index in [2.05, 4.69) is 68.4 Å². The molecule has 200 valence electrons. The Hall–Kier alpha value is -1.17. The van der Waals surface area contributed by atoms with Crippen molar-refractivity contribution < 1.29 is 9.47 Å². The summed E-state index contributed by atoms with van der Waals surface area (Å²) in [5, 5.41) is 0. The summed E-state index contributed by atoms with van der Waals surface area (Å²) < 4.78 is 12.0. The number of rotatable bonds is 7. The molecule has 1 aromatic carbocycles.